The van der Waals surface area contributed by atoms with Gasteiger partial charge in [0, 0.05) is 10.5 Å². The summed E-state index contributed by atoms with van der Waals surface area (Å²) >= 11 is 1.49. The molecular weight excluding hydrogens is 270 g/mol. The molecule has 100 valence electrons. The molecule has 0 aliphatic rings. The molecule has 3 aromatic rings. The lowest BCUT2D eigenvalue weighted by molar-refractivity contribution is 0.970. The van der Waals surface area contributed by atoms with Gasteiger partial charge >= 0.3 is 0 Å². The highest BCUT2D eigenvalue weighted by molar-refractivity contribution is 7.99. The highest BCUT2D eigenvalue weighted by Gasteiger charge is 2.10. The van der Waals surface area contributed by atoms with Crippen LogP contribution in [0.4, 0.5) is 0 Å². The van der Waals surface area contributed by atoms with Crippen molar-refractivity contribution in [1.29, 1.82) is 5.41 Å². The first-order valence-electron chi connectivity index (χ1n) is 6.08. The summed E-state index contributed by atoms with van der Waals surface area (Å²) in [5.74, 6) is 0.864. The van der Waals surface area contributed by atoms with E-state index in [9.17, 15) is 0 Å². The van der Waals surface area contributed by atoms with Gasteiger partial charge in [-0.1, -0.05) is 24.3 Å². The van der Waals surface area contributed by atoms with Crippen molar-refractivity contribution in [3.63, 3.8) is 0 Å². The fraction of sp³-hybridized carbons (Fsp3) is 0.0714. The van der Waals surface area contributed by atoms with E-state index in [-0.39, 0.29) is 5.84 Å². The van der Waals surface area contributed by atoms with Crippen molar-refractivity contribution >= 4 is 28.4 Å². The van der Waals surface area contributed by atoms with E-state index in [2.05, 4.69) is 15.2 Å². The van der Waals surface area contributed by atoms with E-state index < -0.39 is 0 Å². The minimum absolute atomic E-state index is 0.0755. The second-order valence-corrected chi connectivity index (χ2v) is 5.39. The number of benzene rings is 2. The van der Waals surface area contributed by atoms with Crippen LogP contribution in [0.1, 0.15) is 11.4 Å². The zero-order chi connectivity index (χ0) is 14.1. The highest BCUT2D eigenvalue weighted by Crippen LogP contribution is 2.33. The number of nitrogens with one attached hydrogen (secondary N) is 2. The average Bonchev–Trinajstić information content (AvgIpc) is 2.84. The largest absolute Gasteiger partial charge is 0.384 e. The lowest BCUT2D eigenvalue weighted by atomic mass is 10.0. The molecule has 20 heavy (non-hydrogen) atoms. The van der Waals surface area contributed by atoms with Crippen molar-refractivity contribution in [2.24, 2.45) is 5.73 Å². The van der Waals surface area contributed by atoms with E-state index in [0.717, 1.165) is 27.1 Å². The number of hydrogen-bond donors (Lipinski definition) is 3. The standard InChI is InChI=1S/C14H13N5S/c1-8-17-14(19-18-8)20-12-7-6-11(13(15)16)9-4-2-3-5-10(9)12/h2-7H,1H3,(H3,15,16)(H,17,18,19). The predicted molar refractivity (Wildman–Crippen MR) is 80.2 cm³/mol. The van der Waals surface area contributed by atoms with Crippen LogP contribution < -0.4 is 5.73 Å². The molecule has 0 aliphatic heterocycles. The van der Waals surface area contributed by atoms with Gasteiger partial charge in [0.25, 0.3) is 0 Å². The molecule has 0 saturated carbocycles. The maximum Gasteiger partial charge on any atom is 0.213 e. The number of nitrogen functional groups attached to an aromatic ring is 1. The van der Waals surface area contributed by atoms with Gasteiger partial charge in [-0.05, 0) is 41.6 Å². The predicted octanol–water partition coefficient (Wildman–Crippen LogP) is 2.70. The first-order valence-corrected chi connectivity index (χ1v) is 6.90. The van der Waals surface area contributed by atoms with Crippen LogP contribution in [0.25, 0.3) is 10.8 Å². The van der Waals surface area contributed by atoms with Crippen LogP contribution in [0.15, 0.2) is 46.5 Å². The molecule has 0 unspecified atom stereocenters. The minimum Gasteiger partial charge on any atom is -0.384 e. The van der Waals surface area contributed by atoms with Crippen LogP contribution >= 0.6 is 11.8 Å². The van der Waals surface area contributed by atoms with Crippen molar-refractivity contribution < 1.29 is 0 Å². The van der Waals surface area contributed by atoms with Crippen LogP contribution in [0, 0.1) is 12.3 Å². The van der Waals surface area contributed by atoms with Gasteiger partial charge in [0.2, 0.25) is 5.16 Å². The molecule has 0 aliphatic carbocycles. The van der Waals surface area contributed by atoms with Crippen LogP contribution in [0.3, 0.4) is 0 Å². The lowest BCUT2D eigenvalue weighted by Crippen LogP contribution is -2.11. The van der Waals surface area contributed by atoms with Crippen molar-refractivity contribution in [2.45, 2.75) is 17.0 Å². The number of nitrogens with two attached hydrogens (primary N) is 1. The first-order chi connectivity index (χ1) is 9.65. The molecule has 6 heteroatoms. The summed E-state index contributed by atoms with van der Waals surface area (Å²) in [6.45, 7) is 1.87. The number of amidine groups is 1. The fourth-order valence-electron chi connectivity index (χ4n) is 2.06. The molecule has 4 N–H and O–H groups in total. The summed E-state index contributed by atoms with van der Waals surface area (Å²) < 4.78 is 0. The third kappa shape index (κ3) is 2.25. The number of fused-ring (bicyclic) bond motifs is 1. The third-order valence-corrected chi connectivity index (χ3v) is 3.89. The molecule has 0 spiro atoms. The van der Waals surface area contributed by atoms with Gasteiger partial charge < -0.3 is 5.73 Å². The maximum atomic E-state index is 7.65. The SMILES string of the molecule is Cc1nc(Sc2ccc(C(=N)N)c3ccccc23)n[nH]1. The van der Waals surface area contributed by atoms with E-state index in [4.69, 9.17) is 11.1 Å². The van der Waals surface area contributed by atoms with Crippen molar-refractivity contribution in [3.8, 4) is 0 Å². The van der Waals surface area contributed by atoms with Gasteiger partial charge in [-0.25, -0.2) is 4.98 Å². The summed E-state index contributed by atoms with van der Waals surface area (Å²) in [6, 6.07) is 11.7. The molecule has 1 heterocycles. The molecule has 0 saturated heterocycles. The monoisotopic (exact) mass is 283 g/mol. The molecule has 0 amide bonds. The van der Waals surface area contributed by atoms with E-state index in [1.165, 1.54) is 11.8 Å². The fourth-order valence-corrected chi connectivity index (χ4v) is 2.96. The van der Waals surface area contributed by atoms with Crippen LogP contribution in [-0.2, 0) is 0 Å². The molecule has 3 rings (SSSR count). The zero-order valence-electron chi connectivity index (χ0n) is 10.8. The quantitative estimate of drug-likeness (QED) is 0.509. The summed E-state index contributed by atoms with van der Waals surface area (Å²) in [5, 5.41) is 17.3. The maximum absolute atomic E-state index is 7.65. The molecule has 0 atom stereocenters. The Morgan fingerprint density at radius 3 is 2.60 bits per heavy atom. The number of rotatable bonds is 3. The first kappa shape index (κ1) is 12.7. The Bertz CT molecular complexity index is 793. The van der Waals surface area contributed by atoms with Crippen molar-refractivity contribution in [3.05, 3.63) is 47.8 Å². The van der Waals surface area contributed by atoms with Crippen LogP contribution in [-0.4, -0.2) is 21.0 Å². The number of aryl methyl sites for hydroxylation is 1. The smallest absolute Gasteiger partial charge is 0.213 e. The Morgan fingerprint density at radius 1 is 1.20 bits per heavy atom. The second-order valence-electron chi connectivity index (χ2n) is 4.38. The Hall–Kier alpha value is -2.34. The molecule has 2 aromatic carbocycles. The molecule has 0 bridgehead atoms. The molecule has 1 aromatic heterocycles. The number of hydrogen-bond acceptors (Lipinski definition) is 4. The topological polar surface area (TPSA) is 91.4 Å². The van der Waals surface area contributed by atoms with Gasteiger partial charge in [-0.3, -0.25) is 10.5 Å². The summed E-state index contributed by atoms with van der Waals surface area (Å²) in [4.78, 5) is 5.35. The Balaban J connectivity index is 2.12. The average molecular weight is 283 g/mol. The normalized spacial score (nSPS) is 10.8. The minimum atomic E-state index is 0.0755. The number of H-pyrrole nitrogens is 1. The van der Waals surface area contributed by atoms with Gasteiger partial charge in [0.05, 0.1) is 0 Å². The van der Waals surface area contributed by atoms with E-state index in [0.29, 0.717) is 5.16 Å². The van der Waals surface area contributed by atoms with Gasteiger partial charge in [0.15, 0.2) is 0 Å². The number of nitrogens with zero attached hydrogens (tertiary/aromatic N) is 2. The van der Waals surface area contributed by atoms with Crippen molar-refractivity contribution in [1.82, 2.24) is 15.2 Å². The van der Waals surface area contributed by atoms with Gasteiger partial charge in [0.1, 0.15) is 11.7 Å². The Labute approximate surface area is 120 Å². The van der Waals surface area contributed by atoms with Gasteiger partial charge in [-0.2, -0.15) is 0 Å². The summed E-state index contributed by atoms with van der Waals surface area (Å²) in [5.41, 5.74) is 6.38. The number of aromatic amines is 1. The Morgan fingerprint density at radius 2 is 1.95 bits per heavy atom. The van der Waals surface area contributed by atoms with E-state index in [1.807, 2.05) is 43.3 Å². The summed E-state index contributed by atoms with van der Waals surface area (Å²) in [6.07, 6.45) is 0. The molecular formula is C14H13N5S. The van der Waals surface area contributed by atoms with E-state index >= 15 is 0 Å². The third-order valence-electron chi connectivity index (χ3n) is 2.95. The van der Waals surface area contributed by atoms with E-state index in [1.54, 1.807) is 0 Å². The molecule has 5 nitrogen and oxygen atoms in total. The lowest BCUT2D eigenvalue weighted by Gasteiger charge is -2.08. The Kier molecular flexibility index (Phi) is 3.15. The summed E-state index contributed by atoms with van der Waals surface area (Å²) in [7, 11) is 0. The van der Waals surface area contributed by atoms with Gasteiger partial charge in [-0.15, -0.1) is 5.10 Å². The number of aromatic nitrogens is 3. The zero-order valence-corrected chi connectivity index (χ0v) is 11.7. The van der Waals surface area contributed by atoms with Crippen LogP contribution in [0.5, 0.6) is 0 Å². The van der Waals surface area contributed by atoms with Crippen molar-refractivity contribution in [2.75, 3.05) is 0 Å². The van der Waals surface area contributed by atoms with Crippen LogP contribution in [0.2, 0.25) is 0 Å². The highest BCUT2D eigenvalue weighted by atomic mass is 32.2. The second kappa shape index (κ2) is 4.97. The molecule has 0 radical (unpaired) electrons. The molecule has 0 fully saturated rings.